The van der Waals surface area contributed by atoms with Crippen LogP contribution < -0.4 is 14.2 Å². The van der Waals surface area contributed by atoms with E-state index in [0.717, 1.165) is 66.8 Å². The fraction of sp³-hybridized carbons (Fsp3) is 0.278. The molecule has 0 saturated carbocycles. The van der Waals surface area contributed by atoms with Crippen LogP contribution in [0.4, 0.5) is 4.39 Å². The lowest BCUT2D eigenvalue weighted by atomic mass is 8.20. The average molecular weight is 1440 g/mol. The molecule has 0 aliphatic carbocycles. The van der Waals surface area contributed by atoms with Gasteiger partial charge in [-0.05, 0) is 95.1 Å². The standard InChI is InChI=1S/C36H35FN2O3.B81/c1-4-22-5-7-23(8-6-22)21-42-34-17-25-15-16-39-32(28(25)20-33(34)41-3)19-30-29-18-27(40-2)13-14-31(29)38-35(30)36(39)24-9-11-26(37)12-10-24;1-42-63(43(2)3)73(62(40)41)78(72(60(36)37)61(38)39)81(79(74(64(44(4)5)45(6)7)65(46(8)9)47(10)11)75(66(48(12)13)49(14)15)67(50(16)17)51(18)19)80(76(68(52(20)21)53(22)23)69(54(24)25)55(26)27)77(70(56(28)29)57(30)31)71(58(32)33)59(34)35/h5-14,17-18,20,32,36,38H,4,15-16,19,21H2,1-3H3;. The number of ether oxygens (including phenoxy) is 3. The predicted octanol–water partition coefficient (Wildman–Crippen LogP) is -23.1. The quantitative estimate of drug-likeness (QED) is 0.0395. The van der Waals surface area contributed by atoms with E-state index in [0.29, 0.717) is 6.61 Å². The molecule has 7 rings (SSSR count). The summed E-state index contributed by atoms with van der Waals surface area (Å²) in [5, 5.41) is 1.17. The highest BCUT2D eigenvalue weighted by Gasteiger charge is 2.66. The molecule has 0 fully saturated rings. The first kappa shape index (κ1) is 113. The number of H-pyrrole nitrogens is 1. The molecule has 87 heteroatoms. The highest BCUT2D eigenvalue weighted by atomic mass is 19.1. The van der Waals surface area contributed by atoms with Gasteiger partial charge in [-0.2, -0.15) is 0 Å². The largest absolute Gasteiger partial charge is 0.497 e. The summed E-state index contributed by atoms with van der Waals surface area (Å²) in [5.41, 5.74) is 9.60. The Morgan fingerprint density at radius 3 is 1.00 bits per heavy atom. The number of benzene rings is 4. The van der Waals surface area contributed by atoms with Crippen LogP contribution in [0.15, 0.2) is 78.9 Å². The van der Waals surface area contributed by atoms with Gasteiger partial charge in [0.25, 0.3) is 0 Å². The van der Waals surface area contributed by atoms with Gasteiger partial charge in [-0.3, -0.25) is 4.90 Å². The van der Waals surface area contributed by atoms with Crippen LogP contribution in [0.2, 0.25) is 0 Å². The van der Waals surface area contributed by atoms with Crippen LogP contribution in [0.3, 0.4) is 0 Å². The van der Waals surface area contributed by atoms with Crippen LogP contribution >= 0.6 is 0 Å². The Morgan fingerprint density at radius 2 is 0.699 bits per heavy atom. The average Bonchev–Trinajstić information content (AvgIpc) is 1.51. The lowest BCUT2D eigenvalue weighted by molar-refractivity contribution is 0.127. The number of halogens is 1. The molecule has 2 aliphatic heterocycles. The first-order chi connectivity index (χ1) is 57.4. The normalized spacial score (nSPS) is 12.5. The molecule has 4 aromatic carbocycles. The predicted molar refractivity (Wildman–Crippen MR) is 629 cm³/mol. The minimum absolute atomic E-state index is 0.0288. The summed E-state index contributed by atoms with van der Waals surface area (Å²) in [4.78, 5) is 6.28. The molecule has 3 heterocycles. The van der Waals surface area contributed by atoms with Gasteiger partial charge in [0, 0.05) is 602 Å². The fourth-order valence-corrected chi connectivity index (χ4v) is 21.1. The highest BCUT2D eigenvalue weighted by Crippen LogP contribution is 2.50. The summed E-state index contributed by atoms with van der Waals surface area (Å²) in [6, 6.07) is 26.2. The first-order valence-corrected chi connectivity index (χ1v) is 41.3. The maximum Gasteiger partial charge on any atom is 0.161 e. The number of nitrogens with one attached hydrogen (secondary N) is 1. The van der Waals surface area contributed by atoms with Crippen molar-refractivity contribution in [3.05, 3.63) is 124 Å². The Balaban J connectivity index is 0.000000457. The van der Waals surface area contributed by atoms with E-state index in [1.807, 2.05) is 18.2 Å². The maximum atomic E-state index is 14.0. The Hall–Kier alpha value is 0.970. The molecule has 2 aliphatic rings. The van der Waals surface area contributed by atoms with E-state index < -0.39 is 249 Å². The molecular weight excluding hydrogens is 1400 g/mol. The van der Waals surface area contributed by atoms with Gasteiger partial charge in [-0.25, -0.2) is 4.39 Å². The number of hydrogen-bond acceptors (Lipinski definition) is 4. The topological polar surface area (TPSA) is 46.7 Å². The molecule has 123 heavy (non-hydrogen) atoms. The zero-order valence-electron chi connectivity index (χ0n) is 71.0. The van der Waals surface area contributed by atoms with Gasteiger partial charge in [0.15, 0.2) is 11.5 Å². The van der Waals surface area contributed by atoms with Crippen LogP contribution in [-0.4, -0.2) is 604 Å². The Labute approximate surface area is 811 Å². The van der Waals surface area contributed by atoms with Crippen molar-refractivity contribution in [3.8, 4) is 17.2 Å². The van der Waals surface area contributed by atoms with Crippen molar-refractivity contribution in [2.75, 3.05) is 20.8 Å². The van der Waals surface area contributed by atoms with Crippen molar-refractivity contribution < 1.29 is 18.6 Å². The van der Waals surface area contributed by atoms with Crippen molar-refractivity contribution in [2.45, 2.75) is 44.9 Å². The molecule has 5 aromatic rings. The number of nitrogens with zero attached hydrogens (tertiary/aromatic N) is 1. The second-order valence-corrected chi connectivity index (χ2v) is 34.0. The van der Waals surface area contributed by atoms with Crippen molar-refractivity contribution in [1.82, 2.24) is 9.88 Å². The van der Waals surface area contributed by atoms with Crippen LogP contribution in [0.5, 0.6) is 17.2 Å². The van der Waals surface area contributed by atoms with Crippen LogP contribution in [0.1, 0.15) is 58.1 Å². The van der Waals surface area contributed by atoms with E-state index in [1.165, 1.54) is 33.3 Å². The Bertz CT molecular complexity index is 3600. The molecule has 0 bridgehead atoms. The van der Waals surface area contributed by atoms with Crippen molar-refractivity contribution in [1.29, 1.82) is 0 Å². The summed E-state index contributed by atoms with van der Waals surface area (Å²) in [6.07, 6.45) is -62.5. The third kappa shape index (κ3) is 27.5. The van der Waals surface area contributed by atoms with E-state index in [9.17, 15) is 4.39 Å². The van der Waals surface area contributed by atoms with Gasteiger partial charge in [-0.15, -0.1) is 0 Å². The van der Waals surface area contributed by atoms with E-state index >= 15 is 0 Å². The van der Waals surface area contributed by atoms with E-state index in [2.05, 4.69) is 65.3 Å². The lowest BCUT2D eigenvalue weighted by Crippen LogP contribution is -2.99. The van der Waals surface area contributed by atoms with Gasteiger partial charge in [-0.1, -0.05) is 43.3 Å². The number of hydrogen-bond donors (Lipinski definition) is 1. The van der Waals surface area contributed by atoms with E-state index in [4.69, 9.17) is 331 Å². The van der Waals surface area contributed by atoms with Crippen molar-refractivity contribution >= 4 is 584 Å². The van der Waals surface area contributed by atoms with Crippen LogP contribution in [0, 0.1) is 5.82 Å². The monoisotopic (exact) mass is 1450 g/mol. The minimum atomic E-state index is -1.93. The number of aryl methyl sites for hydroxylation is 1. The summed E-state index contributed by atoms with van der Waals surface area (Å²) in [5.74, 6) is 2.12. The fourth-order valence-electron chi connectivity index (χ4n) is 21.1. The number of methoxy groups -OCH3 is 2. The number of aromatic amines is 1. The molecule has 0 saturated heterocycles. The molecular formula is C36H35B81FN2O3. The van der Waals surface area contributed by atoms with E-state index in [1.54, 1.807) is 26.4 Å². The van der Waals surface area contributed by atoms with Crippen LogP contribution in [0.25, 0.3) is 10.9 Å². The number of aromatic nitrogens is 1. The number of fused-ring (bicyclic) bond motifs is 6. The molecule has 2 unspecified atom stereocenters. The van der Waals surface area contributed by atoms with Gasteiger partial charge in [0.1, 0.15) is 18.2 Å². The van der Waals surface area contributed by atoms with Crippen molar-refractivity contribution in [3.63, 3.8) is 0 Å². The molecule has 1 aromatic heterocycles. The number of rotatable bonds is 46. The molecule has 2 atom stereocenters. The highest BCUT2D eigenvalue weighted by molar-refractivity contribution is 8.41. The molecule has 1 N–H and O–H groups in total. The smallest absolute Gasteiger partial charge is 0.161 e. The zero-order valence-corrected chi connectivity index (χ0v) is 71.0. The molecule has 0 spiro atoms. The van der Waals surface area contributed by atoms with E-state index in [-0.39, 0.29) is 17.9 Å². The van der Waals surface area contributed by atoms with Crippen LogP contribution in [-0.2, 0) is 25.9 Å². The van der Waals surface area contributed by atoms with Gasteiger partial charge < -0.3 is 19.2 Å². The van der Waals surface area contributed by atoms with Gasteiger partial charge >= 0.3 is 0 Å². The molecule has 457 valence electrons. The molecule has 83 radical (unpaired) electrons. The first-order valence-electron chi connectivity index (χ1n) is 41.3. The summed E-state index contributed by atoms with van der Waals surface area (Å²) in [7, 11) is 287. The lowest BCUT2D eigenvalue weighted by Gasteiger charge is -2.61. The second-order valence-electron chi connectivity index (χ2n) is 34.0. The molecule has 5 nitrogen and oxygen atoms in total. The minimum Gasteiger partial charge on any atom is -0.497 e. The van der Waals surface area contributed by atoms with Crippen molar-refractivity contribution in [2.24, 2.45) is 0 Å². The summed E-state index contributed by atoms with van der Waals surface area (Å²) >= 11 is 0. The Kier molecular flexibility index (Phi) is 46.9. The summed E-state index contributed by atoms with van der Waals surface area (Å²) < 4.78 is 31.8. The third-order valence-electron chi connectivity index (χ3n) is 26.1. The SMILES string of the molecule is CCc1ccc(COc2cc3c(cc2OC)C2Cc4c([nH]c5ccc(OC)cc45)C(c4ccc(F)cc4)N2CC3)cc1.[B][B]B(B([B])[B])B(B([B])[B])B(B(B([B])[B])B([B])[B])B(B(B(B(B([B])[B])B([B])[B])B(B([B])[B])B([B])[B])B(B(B([B])[B])B([B])[B])B(B([B])[B])B([B])[B])B(B(B(B([B])[B])B([B])[B])B(B([B])[B])B([B])[B])B(B(B([B])[B])B([B])[B])B(B([B])[B])B([B])[B]. The molecule has 0 amide bonds. The summed E-state index contributed by atoms with van der Waals surface area (Å²) in [6.45, 7) is 3.53. The van der Waals surface area contributed by atoms with Gasteiger partial charge in [0.2, 0.25) is 0 Å². The van der Waals surface area contributed by atoms with Gasteiger partial charge in [0.05, 0.1) is 20.3 Å². The maximum absolute atomic E-state index is 14.0. The zero-order chi connectivity index (χ0) is 93.0. The third-order valence-corrected chi connectivity index (χ3v) is 26.1. The Morgan fingerprint density at radius 1 is 0.374 bits per heavy atom. The second kappa shape index (κ2) is 51.2.